The summed E-state index contributed by atoms with van der Waals surface area (Å²) in [5.74, 6) is -2.82. The summed E-state index contributed by atoms with van der Waals surface area (Å²) >= 11 is 0. The van der Waals surface area contributed by atoms with Gasteiger partial charge in [0.25, 0.3) is 5.91 Å². The molecule has 0 fully saturated rings. The Balaban J connectivity index is 2.20. The highest BCUT2D eigenvalue weighted by Gasteiger charge is 2.21. The van der Waals surface area contributed by atoms with Crippen molar-refractivity contribution in [3.8, 4) is 5.75 Å². The van der Waals surface area contributed by atoms with E-state index in [4.69, 9.17) is 9.84 Å². The number of ether oxygens (including phenoxy) is 1. The second-order valence-corrected chi connectivity index (χ2v) is 5.55. The van der Waals surface area contributed by atoms with Crippen molar-refractivity contribution in [3.05, 3.63) is 63.3 Å². The predicted octanol–water partition coefficient (Wildman–Crippen LogP) is 2.32. The predicted molar refractivity (Wildman–Crippen MR) is 92.0 cm³/mol. The topological polar surface area (TPSA) is 108 Å². The lowest BCUT2D eigenvalue weighted by Crippen LogP contribution is -2.30. The largest absolute Gasteiger partial charge is 0.487 e. The zero-order chi connectivity index (χ0) is 19.1. The molecule has 1 aromatic carbocycles. The van der Waals surface area contributed by atoms with E-state index in [0.29, 0.717) is 12.0 Å². The zero-order valence-electron chi connectivity index (χ0n) is 14.2. The minimum atomic E-state index is -1.35. The van der Waals surface area contributed by atoms with Gasteiger partial charge in [0.05, 0.1) is 6.61 Å². The van der Waals surface area contributed by atoms with Crippen LogP contribution in [0.5, 0.6) is 5.75 Å². The molecule has 0 radical (unpaired) electrons. The first-order valence-electron chi connectivity index (χ1n) is 8.08. The van der Waals surface area contributed by atoms with Crippen molar-refractivity contribution < 1.29 is 23.8 Å². The number of carboxylic acids is 1. The van der Waals surface area contributed by atoms with E-state index < -0.39 is 28.8 Å². The molecule has 8 heteroatoms. The van der Waals surface area contributed by atoms with Crippen LogP contribution in [0.4, 0.5) is 4.39 Å². The standard InChI is InChI=1S/C18H19FN2O5/c1-2-3-8-26-16-14(18(24)25)20-10-13(15(16)22)17(23)21-9-11-4-6-12(19)7-5-11/h4-7,10H,2-3,8-9H2,1H3,(H,20,22)(H,21,23)(H,24,25). The number of H-pyrrole nitrogens is 1. The van der Waals surface area contributed by atoms with Gasteiger partial charge in [-0.2, -0.15) is 0 Å². The van der Waals surface area contributed by atoms with Crippen LogP contribution in [-0.2, 0) is 6.54 Å². The lowest BCUT2D eigenvalue weighted by molar-refractivity contribution is 0.0684. The third-order valence-electron chi connectivity index (χ3n) is 3.61. The van der Waals surface area contributed by atoms with Gasteiger partial charge in [-0.15, -0.1) is 0 Å². The molecule has 0 atom stereocenters. The number of benzene rings is 1. The lowest BCUT2D eigenvalue weighted by Gasteiger charge is -2.10. The summed E-state index contributed by atoms with van der Waals surface area (Å²) in [5, 5.41) is 11.7. The van der Waals surface area contributed by atoms with E-state index in [2.05, 4.69) is 10.3 Å². The smallest absolute Gasteiger partial charge is 0.356 e. The molecule has 3 N–H and O–H groups in total. The first-order valence-corrected chi connectivity index (χ1v) is 8.08. The van der Waals surface area contributed by atoms with Crippen molar-refractivity contribution >= 4 is 11.9 Å². The second-order valence-electron chi connectivity index (χ2n) is 5.55. The van der Waals surface area contributed by atoms with E-state index in [0.717, 1.165) is 12.6 Å². The summed E-state index contributed by atoms with van der Waals surface area (Å²) < 4.78 is 18.2. The number of carboxylic acid groups (broad SMARTS) is 1. The first kappa shape index (κ1) is 19.2. The maximum absolute atomic E-state index is 12.9. The molecule has 0 aliphatic rings. The van der Waals surface area contributed by atoms with Gasteiger partial charge in [-0.1, -0.05) is 25.5 Å². The van der Waals surface area contributed by atoms with Crippen LogP contribution in [0.25, 0.3) is 0 Å². The van der Waals surface area contributed by atoms with E-state index in [9.17, 15) is 18.8 Å². The third-order valence-corrected chi connectivity index (χ3v) is 3.61. The van der Waals surface area contributed by atoms with Crippen molar-refractivity contribution in [2.24, 2.45) is 0 Å². The summed E-state index contributed by atoms with van der Waals surface area (Å²) in [4.78, 5) is 38.4. The molecule has 0 saturated carbocycles. The van der Waals surface area contributed by atoms with Crippen LogP contribution in [-0.4, -0.2) is 28.6 Å². The van der Waals surface area contributed by atoms with Crippen molar-refractivity contribution in [2.75, 3.05) is 6.61 Å². The van der Waals surface area contributed by atoms with Gasteiger partial charge in [-0.3, -0.25) is 9.59 Å². The Morgan fingerprint density at radius 1 is 1.27 bits per heavy atom. The quantitative estimate of drug-likeness (QED) is 0.625. The molecule has 2 rings (SSSR count). The molecular weight excluding hydrogens is 343 g/mol. The lowest BCUT2D eigenvalue weighted by atomic mass is 10.2. The highest BCUT2D eigenvalue weighted by Crippen LogP contribution is 2.13. The maximum Gasteiger partial charge on any atom is 0.356 e. The number of aromatic nitrogens is 1. The van der Waals surface area contributed by atoms with Crippen molar-refractivity contribution in [1.82, 2.24) is 10.3 Å². The number of pyridine rings is 1. The minimum Gasteiger partial charge on any atom is -0.487 e. The van der Waals surface area contributed by atoms with Gasteiger partial charge in [0.1, 0.15) is 11.4 Å². The van der Waals surface area contributed by atoms with Crippen LogP contribution in [0.15, 0.2) is 35.3 Å². The van der Waals surface area contributed by atoms with Crippen LogP contribution >= 0.6 is 0 Å². The number of hydrogen-bond donors (Lipinski definition) is 3. The molecule has 2 aromatic rings. The van der Waals surface area contributed by atoms with E-state index in [1.807, 2.05) is 6.92 Å². The van der Waals surface area contributed by atoms with Crippen molar-refractivity contribution in [2.45, 2.75) is 26.3 Å². The van der Waals surface area contributed by atoms with Gasteiger partial charge in [0.15, 0.2) is 11.4 Å². The van der Waals surface area contributed by atoms with E-state index >= 15 is 0 Å². The molecule has 0 aliphatic heterocycles. The first-order chi connectivity index (χ1) is 12.4. The third kappa shape index (κ3) is 4.69. The fourth-order valence-corrected chi connectivity index (χ4v) is 2.17. The van der Waals surface area contributed by atoms with Crippen LogP contribution in [0, 0.1) is 5.82 Å². The molecule has 0 saturated heterocycles. The van der Waals surface area contributed by atoms with Gasteiger partial charge in [0.2, 0.25) is 5.43 Å². The van der Waals surface area contributed by atoms with E-state index in [1.54, 1.807) is 0 Å². The van der Waals surface area contributed by atoms with Gasteiger partial charge in [0, 0.05) is 12.7 Å². The normalized spacial score (nSPS) is 10.4. The Kier molecular flexibility index (Phi) is 6.48. The Morgan fingerprint density at radius 3 is 2.58 bits per heavy atom. The van der Waals surface area contributed by atoms with Crippen LogP contribution < -0.4 is 15.5 Å². The van der Waals surface area contributed by atoms with Gasteiger partial charge in [-0.25, -0.2) is 9.18 Å². The average molecular weight is 362 g/mol. The van der Waals surface area contributed by atoms with Crippen LogP contribution in [0.2, 0.25) is 0 Å². The highest BCUT2D eigenvalue weighted by molar-refractivity contribution is 5.96. The summed E-state index contributed by atoms with van der Waals surface area (Å²) in [6, 6.07) is 5.53. The fraction of sp³-hybridized carbons (Fsp3) is 0.278. The van der Waals surface area contributed by atoms with Crippen LogP contribution in [0.3, 0.4) is 0 Å². The van der Waals surface area contributed by atoms with Crippen molar-refractivity contribution in [3.63, 3.8) is 0 Å². The average Bonchev–Trinajstić information content (AvgIpc) is 2.62. The fourth-order valence-electron chi connectivity index (χ4n) is 2.17. The number of unbranched alkanes of at least 4 members (excludes halogenated alkanes) is 1. The molecule has 138 valence electrons. The molecule has 0 unspecified atom stereocenters. The Hall–Kier alpha value is -3.16. The second kappa shape index (κ2) is 8.80. The molecular formula is C18H19FN2O5. The number of carbonyl (C=O) groups excluding carboxylic acids is 1. The SMILES string of the molecule is CCCCOc1c(C(=O)O)[nH]cc(C(=O)NCc2ccc(F)cc2)c1=O. The zero-order valence-corrected chi connectivity index (χ0v) is 14.2. The summed E-state index contributed by atoms with van der Waals surface area (Å²) in [6.07, 6.45) is 2.48. The Bertz CT molecular complexity index is 846. The van der Waals surface area contributed by atoms with Gasteiger partial charge < -0.3 is 20.1 Å². The Labute approximate surface area is 148 Å². The number of aromatic amines is 1. The molecule has 7 nitrogen and oxygen atoms in total. The number of amides is 1. The van der Waals surface area contributed by atoms with Crippen molar-refractivity contribution in [1.29, 1.82) is 0 Å². The molecule has 1 amide bonds. The minimum absolute atomic E-state index is 0.0886. The molecule has 1 aromatic heterocycles. The summed E-state index contributed by atoms with van der Waals surface area (Å²) in [6.45, 7) is 2.18. The van der Waals surface area contributed by atoms with E-state index in [-0.39, 0.29) is 24.5 Å². The number of halogens is 1. The number of nitrogens with one attached hydrogen (secondary N) is 2. The molecule has 26 heavy (non-hydrogen) atoms. The number of rotatable bonds is 8. The molecule has 1 heterocycles. The molecule has 0 bridgehead atoms. The highest BCUT2D eigenvalue weighted by atomic mass is 19.1. The van der Waals surface area contributed by atoms with Crippen LogP contribution in [0.1, 0.15) is 46.2 Å². The molecule has 0 spiro atoms. The number of hydrogen-bond acceptors (Lipinski definition) is 4. The van der Waals surface area contributed by atoms with Gasteiger partial charge >= 0.3 is 5.97 Å². The monoisotopic (exact) mass is 362 g/mol. The summed E-state index contributed by atoms with van der Waals surface area (Å²) in [5.41, 5.74) is -0.809. The van der Waals surface area contributed by atoms with E-state index in [1.165, 1.54) is 24.3 Å². The number of aromatic carboxylic acids is 1. The maximum atomic E-state index is 12.9. The van der Waals surface area contributed by atoms with Gasteiger partial charge in [-0.05, 0) is 24.1 Å². The molecule has 0 aliphatic carbocycles. The summed E-state index contributed by atoms with van der Waals surface area (Å²) in [7, 11) is 0. The Morgan fingerprint density at radius 2 is 1.96 bits per heavy atom. The number of carbonyl (C=O) groups is 2.